The van der Waals surface area contributed by atoms with E-state index in [1.54, 1.807) is 6.92 Å². The molecule has 1 aromatic carbocycles. The van der Waals surface area contributed by atoms with Crippen LogP contribution in [0.3, 0.4) is 0 Å². The van der Waals surface area contributed by atoms with Crippen LogP contribution in [-0.2, 0) is 19.1 Å². The van der Waals surface area contributed by atoms with Crippen LogP contribution in [0.2, 0.25) is 0 Å². The van der Waals surface area contributed by atoms with Crippen molar-refractivity contribution in [2.75, 3.05) is 0 Å². The van der Waals surface area contributed by atoms with Gasteiger partial charge in [-0.3, -0.25) is 14.3 Å². The second-order valence-corrected chi connectivity index (χ2v) is 4.59. The minimum Gasteiger partial charge on any atom is -0.296 e. The molecule has 2 rings (SSSR count). The van der Waals surface area contributed by atoms with Crippen LogP contribution in [0, 0.1) is 0 Å². The molecule has 21 heavy (non-hydrogen) atoms. The molecule has 0 bridgehead atoms. The van der Waals surface area contributed by atoms with Gasteiger partial charge in [-0.2, -0.15) is 13.2 Å². The highest BCUT2D eigenvalue weighted by molar-refractivity contribution is 5.25. The van der Waals surface area contributed by atoms with Gasteiger partial charge in [-0.25, -0.2) is 4.79 Å². The van der Waals surface area contributed by atoms with Crippen molar-refractivity contribution in [3.63, 3.8) is 0 Å². The van der Waals surface area contributed by atoms with Crippen molar-refractivity contribution in [2.24, 2.45) is 0 Å². The maximum absolute atomic E-state index is 12.5. The first-order valence-electron chi connectivity index (χ1n) is 6.30. The zero-order valence-electron chi connectivity index (χ0n) is 11.2. The topological polar surface area (TPSA) is 54.9 Å². The zero-order valence-corrected chi connectivity index (χ0v) is 11.2. The van der Waals surface area contributed by atoms with Crippen molar-refractivity contribution in [1.82, 2.24) is 9.55 Å². The predicted octanol–water partition coefficient (Wildman–Crippen LogP) is 2.17. The summed E-state index contributed by atoms with van der Waals surface area (Å²) in [6.45, 7) is 1.87. The highest BCUT2D eigenvalue weighted by Gasteiger charge is 2.29. The molecule has 4 nitrogen and oxygen atoms in total. The molecule has 0 aliphatic heterocycles. The number of aryl methyl sites for hydroxylation is 1. The number of aromatic nitrogens is 2. The number of alkyl halides is 3. The Labute approximate surface area is 117 Å². The molecule has 1 N–H and O–H groups in total. The first-order valence-corrected chi connectivity index (χ1v) is 6.30. The van der Waals surface area contributed by atoms with E-state index in [1.807, 2.05) is 0 Å². The second-order valence-electron chi connectivity index (χ2n) is 4.59. The van der Waals surface area contributed by atoms with E-state index in [0.29, 0.717) is 17.5 Å². The van der Waals surface area contributed by atoms with Crippen LogP contribution < -0.4 is 11.2 Å². The largest absolute Gasteiger partial charge is 0.416 e. The third-order valence-corrected chi connectivity index (χ3v) is 3.10. The van der Waals surface area contributed by atoms with Gasteiger partial charge in [-0.1, -0.05) is 19.1 Å². The Kier molecular flexibility index (Phi) is 4.02. The summed E-state index contributed by atoms with van der Waals surface area (Å²) in [7, 11) is 0. The fourth-order valence-electron chi connectivity index (χ4n) is 1.92. The number of nitrogens with zero attached hydrogens (tertiary/aromatic N) is 1. The molecular weight excluding hydrogens is 285 g/mol. The monoisotopic (exact) mass is 298 g/mol. The summed E-state index contributed by atoms with van der Waals surface area (Å²) in [5.41, 5.74) is -0.779. The van der Waals surface area contributed by atoms with Gasteiger partial charge in [-0.15, -0.1) is 0 Å². The summed E-state index contributed by atoms with van der Waals surface area (Å²) >= 11 is 0. The van der Waals surface area contributed by atoms with E-state index < -0.39 is 23.0 Å². The van der Waals surface area contributed by atoms with Crippen molar-refractivity contribution in [2.45, 2.75) is 26.1 Å². The molecule has 0 radical (unpaired) electrons. The fourth-order valence-corrected chi connectivity index (χ4v) is 1.92. The summed E-state index contributed by atoms with van der Waals surface area (Å²) in [6.07, 6.45) is -2.50. The molecular formula is C14H13F3N2O2. The van der Waals surface area contributed by atoms with Crippen LogP contribution in [0.25, 0.3) is 0 Å². The number of H-pyrrole nitrogens is 1. The first-order chi connectivity index (χ1) is 9.81. The normalized spacial score (nSPS) is 11.6. The smallest absolute Gasteiger partial charge is 0.296 e. The minimum atomic E-state index is -4.39. The van der Waals surface area contributed by atoms with Crippen molar-refractivity contribution < 1.29 is 13.2 Å². The van der Waals surface area contributed by atoms with Gasteiger partial charge in [0, 0.05) is 11.8 Å². The van der Waals surface area contributed by atoms with Crippen LogP contribution in [-0.4, -0.2) is 9.55 Å². The maximum atomic E-state index is 12.5. The molecule has 1 heterocycles. The van der Waals surface area contributed by atoms with Gasteiger partial charge >= 0.3 is 11.9 Å². The summed E-state index contributed by atoms with van der Waals surface area (Å²) in [5, 5.41) is 0. The van der Waals surface area contributed by atoms with Crippen LogP contribution in [0.4, 0.5) is 13.2 Å². The average Bonchev–Trinajstić information content (AvgIpc) is 2.41. The predicted molar refractivity (Wildman–Crippen MR) is 71.2 cm³/mol. The third-order valence-electron chi connectivity index (χ3n) is 3.10. The van der Waals surface area contributed by atoms with E-state index in [1.165, 1.54) is 22.9 Å². The van der Waals surface area contributed by atoms with Gasteiger partial charge in [0.1, 0.15) is 0 Å². The number of nitrogens with one attached hydrogen (secondary N) is 1. The summed E-state index contributed by atoms with van der Waals surface area (Å²) in [4.78, 5) is 25.3. The molecule has 2 aromatic rings. The summed E-state index contributed by atoms with van der Waals surface area (Å²) < 4.78 is 38.6. The van der Waals surface area contributed by atoms with E-state index in [9.17, 15) is 22.8 Å². The molecule has 0 unspecified atom stereocenters. The molecule has 0 saturated carbocycles. The lowest BCUT2D eigenvalue weighted by Gasteiger charge is -2.09. The number of hydrogen-bond donors (Lipinski definition) is 1. The van der Waals surface area contributed by atoms with Gasteiger partial charge in [-0.05, 0) is 24.1 Å². The zero-order chi connectivity index (χ0) is 15.6. The van der Waals surface area contributed by atoms with Crippen LogP contribution >= 0.6 is 0 Å². The Morgan fingerprint density at radius 1 is 1.14 bits per heavy atom. The lowest BCUT2D eigenvalue weighted by Crippen LogP contribution is -2.31. The first kappa shape index (κ1) is 15.1. The standard InChI is InChI=1S/C14H13F3N2O2/c1-2-10-8-19(13(21)18-12(10)20)7-9-3-5-11(6-4-9)14(15,16)17/h3-6,8H,2,7H2,1H3,(H,18,20,21). The Morgan fingerprint density at radius 3 is 2.29 bits per heavy atom. The van der Waals surface area contributed by atoms with Crippen molar-refractivity contribution in [3.05, 3.63) is 68.0 Å². The van der Waals surface area contributed by atoms with Crippen molar-refractivity contribution in [3.8, 4) is 0 Å². The van der Waals surface area contributed by atoms with Gasteiger partial charge in [0.05, 0.1) is 12.1 Å². The molecule has 0 spiro atoms. The van der Waals surface area contributed by atoms with E-state index in [4.69, 9.17) is 0 Å². The minimum absolute atomic E-state index is 0.0980. The van der Waals surface area contributed by atoms with E-state index in [-0.39, 0.29) is 6.54 Å². The van der Waals surface area contributed by atoms with E-state index in [2.05, 4.69) is 4.98 Å². The van der Waals surface area contributed by atoms with Crippen molar-refractivity contribution >= 4 is 0 Å². The summed E-state index contributed by atoms with van der Waals surface area (Å²) in [6, 6.07) is 4.55. The second kappa shape index (κ2) is 5.59. The molecule has 0 aliphatic rings. The molecule has 112 valence electrons. The SMILES string of the molecule is CCc1cn(Cc2ccc(C(F)(F)F)cc2)c(=O)[nH]c1=O. The van der Waals surface area contributed by atoms with Gasteiger partial charge < -0.3 is 0 Å². The molecule has 0 amide bonds. The molecule has 0 atom stereocenters. The Hall–Kier alpha value is -2.31. The average molecular weight is 298 g/mol. The molecule has 1 aromatic heterocycles. The van der Waals surface area contributed by atoms with E-state index >= 15 is 0 Å². The Bertz CT molecular complexity index is 743. The highest BCUT2D eigenvalue weighted by atomic mass is 19.4. The van der Waals surface area contributed by atoms with Gasteiger partial charge in [0.25, 0.3) is 5.56 Å². The quantitative estimate of drug-likeness (QED) is 0.944. The van der Waals surface area contributed by atoms with Crippen molar-refractivity contribution in [1.29, 1.82) is 0 Å². The maximum Gasteiger partial charge on any atom is 0.416 e. The van der Waals surface area contributed by atoms with Crippen LogP contribution in [0.1, 0.15) is 23.6 Å². The molecule has 0 fully saturated rings. The Balaban J connectivity index is 2.30. The fraction of sp³-hybridized carbons (Fsp3) is 0.286. The summed E-state index contributed by atoms with van der Waals surface area (Å²) in [5.74, 6) is 0. The van der Waals surface area contributed by atoms with E-state index in [0.717, 1.165) is 12.1 Å². The number of rotatable bonds is 3. The number of benzene rings is 1. The number of halogens is 3. The molecule has 0 saturated heterocycles. The molecule has 7 heteroatoms. The number of aromatic amines is 1. The van der Waals surface area contributed by atoms with Crippen LogP contribution in [0.5, 0.6) is 0 Å². The highest BCUT2D eigenvalue weighted by Crippen LogP contribution is 2.29. The lowest BCUT2D eigenvalue weighted by molar-refractivity contribution is -0.137. The lowest BCUT2D eigenvalue weighted by atomic mass is 10.1. The van der Waals surface area contributed by atoms with Gasteiger partial charge in [0.15, 0.2) is 0 Å². The van der Waals surface area contributed by atoms with Crippen LogP contribution in [0.15, 0.2) is 40.1 Å². The third kappa shape index (κ3) is 3.42. The molecule has 0 aliphatic carbocycles. The Morgan fingerprint density at radius 2 is 1.76 bits per heavy atom. The number of hydrogen-bond acceptors (Lipinski definition) is 2. The van der Waals surface area contributed by atoms with Gasteiger partial charge in [0.2, 0.25) is 0 Å².